The number of ether oxygens (including phenoxy) is 1. The van der Waals surface area contributed by atoms with Gasteiger partial charge in [-0.05, 0) is 43.3 Å². The molecule has 0 aliphatic carbocycles. The van der Waals surface area contributed by atoms with Gasteiger partial charge >= 0.3 is 6.09 Å². The van der Waals surface area contributed by atoms with Crippen LogP contribution in [0.2, 0.25) is 0 Å². The third kappa shape index (κ3) is 3.53. The molecule has 2 aromatic carbocycles. The van der Waals surface area contributed by atoms with E-state index in [9.17, 15) is 14.0 Å². The second-order valence-corrected chi connectivity index (χ2v) is 5.67. The summed E-state index contributed by atoms with van der Waals surface area (Å²) >= 11 is 0. The maximum atomic E-state index is 12.9. The molecule has 124 valence electrons. The molecule has 1 fully saturated rings. The van der Waals surface area contributed by atoms with E-state index in [0.29, 0.717) is 12.1 Å². The Morgan fingerprint density at radius 1 is 1.21 bits per heavy atom. The zero-order valence-electron chi connectivity index (χ0n) is 13.2. The highest BCUT2D eigenvalue weighted by Crippen LogP contribution is 2.21. The van der Waals surface area contributed by atoms with Crippen LogP contribution < -0.4 is 10.2 Å². The zero-order valence-corrected chi connectivity index (χ0v) is 13.2. The second-order valence-electron chi connectivity index (χ2n) is 5.67. The quantitative estimate of drug-likeness (QED) is 0.939. The van der Waals surface area contributed by atoms with Crippen LogP contribution in [0.3, 0.4) is 0 Å². The fourth-order valence-electron chi connectivity index (χ4n) is 2.47. The van der Waals surface area contributed by atoms with E-state index < -0.39 is 18.0 Å². The fraction of sp³-hybridized carbons (Fsp3) is 0.222. The summed E-state index contributed by atoms with van der Waals surface area (Å²) in [5, 5.41) is 2.70. The van der Waals surface area contributed by atoms with Crippen LogP contribution in [0.5, 0.6) is 0 Å². The smallest absolute Gasteiger partial charge is 0.414 e. The predicted molar refractivity (Wildman–Crippen MR) is 87.5 cm³/mol. The molecule has 1 saturated heterocycles. The number of amides is 2. The molecule has 1 aliphatic rings. The van der Waals surface area contributed by atoms with Crippen molar-refractivity contribution in [2.45, 2.75) is 13.0 Å². The predicted octanol–water partition coefficient (Wildman–Crippen LogP) is 2.89. The number of hydrogen-bond acceptors (Lipinski definition) is 3. The first-order chi connectivity index (χ1) is 11.5. The molecule has 6 heteroatoms. The Bertz CT molecular complexity index is 744. The van der Waals surface area contributed by atoms with E-state index in [2.05, 4.69) is 5.32 Å². The zero-order chi connectivity index (χ0) is 17.1. The number of cyclic esters (lactones) is 1. The molecule has 0 spiro atoms. The summed E-state index contributed by atoms with van der Waals surface area (Å²) in [6.07, 6.45) is -0.858. The van der Waals surface area contributed by atoms with Gasteiger partial charge in [-0.15, -0.1) is 0 Å². The normalized spacial score (nSPS) is 16.8. The van der Waals surface area contributed by atoms with Crippen LogP contribution in [-0.4, -0.2) is 31.2 Å². The SMILES string of the molecule is Cc1ccc(N2CC(CNC(=O)c3ccc(F)cc3)OC2=O)cc1. The van der Waals surface area contributed by atoms with Crippen molar-refractivity contribution in [2.75, 3.05) is 18.0 Å². The van der Waals surface area contributed by atoms with E-state index in [1.807, 2.05) is 31.2 Å². The van der Waals surface area contributed by atoms with Crippen LogP contribution in [0, 0.1) is 12.7 Å². The van der Waals surface area contributed by atoms with Crippen LogP contribution in [-0.2, 0) is 4.74 Å². The number of rotatable bonds is 4. The standard InChI is InChI=1S/C18H17FN2O3/c1-12-2-8-15(9-3-12)21-11-16(24-18(21)23)10-20-17(22)13-4-6-14(19)7-5-13/h2-9,16H,10-11H2,1H3,(H,20,22). The molecule has 0 bridgehead atoms. The maximum Gasteiger partial charge on any atom is 0.414 e. The number of benzene rings is 2. The minimum Gasteiger partial charge on any atom is -0.442 e. The van der Waals surface area contributed by atoms with Gasteiger partial charge in [-0.1, -0.05) is 17.7 Å². The lowest BCUT2D eigenvalue weighted by Crippen LogP contribution is -2.34. The van der Waals surface area contributed by atoms with Crippen molar-refractivity contribution < 1.29 is 18.7 Å². The summed E-state index contributed by atoms with van der Waals surface area (Å²) in [6, 6.07) is 12.8. The first-order valence-corrected chi connectivity index (χ1v) is 7.61. The molecule has 1 heterocycles. The minimum atomic E-state index is -0.431. The number of aryl methyl sites for hydroxylation is 1. The number of hydrogen-bond donors (Lipinski definition) is 1. The number of nitrogens with zero attached hydrogens (tertiary/aromatic N) is 1. The van der Waals surface area contributed by atoms with Gasteiger partial charge in [-0.2, -0.15) is 0 Å². The van der Waals surface area contributed by atoms with Gasteiger partial charge in [0.05, 0.1) is 13.1 Å². The van der Waals surface area contributed by atoms with Crippen molar-refractivity contribution in [1.29, 1.82) is 0 Å². The molecule has 0 radical (unpaired) electrons. The van der Waals surface area contributed by atoms with Gasteiger partial charge < -0.3 is 10.1 Å². The van der Waals surface area contributed by atoms with E-state index in [1.165, 1.54) is 29.2 Å². The summed E-state index contributed by atoms with van der Waals surface area (Å²) in [5.74, 6) is -0.732. The monoisotopic (exact) mass is 328 g/mol. The average Bonchev–Trinajstić information content (AvgIpc) is 2.95. The first-order valence-electron chi connectivity index (χ1n) is 7.61. The molecule has 1 atom stereocenters. The maximum absolute atomic E-state index is 12.9. The van der Waals surface area contributed by atoms with Gasteiger partial charge in [0.2, 0.25) is 0 Å². The molecule has 3 rings (SSSR count). The summed E-state index contributed by atoms with van der Waals surface area (Å²) in [4.78, 5) is 25.5. The number of carbonyl (C=O) groups excluding carboxylic acids is 2. The van der Waals surface area contributed by atoms with Gasteiger partial charge in [0.15, 0.2) is 0 Å². The van der Waals surface area contributed by atoms with Gasteiger partial charge in [0, 0.05) is 11.3 Å². The van der Waals surface area contributed by atoms with Crippen LogP contribution in [0.4, 0.5) is 14.9 Å². The molecule has 2 aromatic rings. The summed E-state index contributed by atoms with van der Waals surface area (Å²) < 4.78 is 18.1. The molecule has 24 heavy (non-hydrogen) atoms. The number of halogens is 1. The van der Waals surface area contributed by atoms with E-state index in [4.69, 9.17) is 4.74 Å². The van der Waals surface area contributed by atoms with Crippen LogP contribution in [0.25, 0.3) is 0 Å². The van der Waals surface area contributed by atoms with Gasteiger partial charge in [0.25, 0.3) is 5.91 Å². The fourth-order valence-corrected chi connectivity index (χ4v) is 2.47. The lowest BCUT2D eigenvalue weighted by Gasteiger charge is -2.13. The van der Waals surface area contributed by atoms with Crippen molar-refractivity contribution >= 4 is 17.7 Å². The van der Waals surface area contributed by atoms with Gasteiger partial charge in [0.1, 0.15) is 11.9 Å². The van der Waals surface area contributed by atoms with Gasteiger partial charge in [-0.25, -0.2) is 9.18 Å². The number of anilines is 1. The lowest BCUT2D eigenvalue weighted by atomic mass is 10.2. The second kappa shape index (κ2) is 6.70. The van der Waals surface area contributed by atoms with Crippen molar-refractivity contribution in [2.24, 2.45) is 0 Å². The topological polar surface area (TPSA) is 58.6 Å². The Labute approximate surface area is 139 Å². The Hall–Kier alpha value is -2.89. The Balaban J connectivity index is 1.57. The summed E-state index contributed by atoms with van der Waals surface area (Å²) in [5.41, 5.74) is 2.23. The van der Waals surface area contributed by atoms with Crippen LogP contribution >= 0.6 is 0 Å². The van der Waals surface area contributed by atoms with Crippen molar-refractivity contribution in [3.05, 3.63) is 65.5 Å². The molecule has 2 amide bonds. The molecular weight excluding hydrogens is 311 g/mol. The largest absolute Gasteiger partial charge is 0.442 e. The number of carbonyl (C=O) groups is 2. The molecule has 1 N–H and O–H groups in total. The van der Waals surface area contributed by atoms with Gasteiger partial charge in [-0.3, -0.25) is 9.69 Å². The van der Waals surface area contributed by atoms with E-state index >= 15 is 0 Å². The van der Waals surface area contributed by atoms with E-state index in [-0.39, 0.29) is 12.5 Å². The van der Waals surface area contributed by atoms with Crippen LogP contribution in [0.1, 0.15) is 15.9 Å². The minimum absolute atomic E-state index is 0.199. The molecule has 0 aromatic heterocycles. The highest BCUT2D eigenvalue weighted by atomic mass is 19.1. The molecule has 1 unspecified atom stereocenters. The van der Waals surface area contributed by atoms with E-state index in [0.717, 1.165) is 11.3 Å². The van der Waals surface area contributed by atoms with Crippen LogP contribution in [0.15, 0.2) is 48.5 Å². The highest BCUT2D eigenvalue weighted by molar-refractivity contribution is 5.94. The lowest BCUT2D eigenvalue weighted by molar-refractivity contribution is 0.0916. The molecule has 5 nitrogen and oxygen atoms in total. The Kier molecular flexibility index (Phi) is 4.46. The molecular formula is C18H17FN2O3. The molecule has 0 saturated carbocycles. The third-order valence-corrected chi connectivity index (χ3v) is 3.82. The van der Waals surface area contributed by atoms with Crippen molar-refractivity contribution in [1.82, 2.24) is 5.32 Å². The first kappa shape index (κ1) is 16.0. The average molecular weight is 328 g/mol. The molecule has 1 aliphatic heterocycles. The number of nitrogens with one attached hydrogen (secondary N) is 1. The highest BCUT2D eigenvalue weighted by Gasteiger charge is 2.32. The van der Waals surface area contributed by atoms with E-state index in [1.54, 1.807) is 0 Å². The summed E-state index contributed by atoms with van der Waals surface area (Å²) in [7, 11) is 0. The Morgan fingerprint density at radius 2 is 1.88 bits per heavy atom. The van der Waals surface area contributed by atoms with Crippen molar-refractivity contribution in [3.63, 3.8) is 0 Å². The third-order valence-electron chi connectivity index (χ3n) is 3.82. The summed E-state index contributed by atoms with van der Waals surface area (Å²) in [6.45, 7) is 2.54. The van der Waals surface area contributed by atoms with Crippen molar-refractivity contribution in [3.8, 4) is 0 Å². The Morgan fingerprint density at radius 3 is 2.54 bits per heavy atom.